The van der Waals surface area contributed by atoms with Crippen molar-refractivity contribution >= 4 is 23.4 Å². The van der Waals surface area contributed by atoms with Crippen molar-refractivity contribution in [3.63, 3.8) is 0 Å². The van der Waals surface area contributed by atoms with E-state index >= 15 is 0 Å². The van der Waals surface area contributed by atoms with Crippen molar-refractivity contribution in [2.75, 3.05) is 26.1 Å². The first-order valence-corrected chi connectivity index (χ1v) is 8.19. The van der Waals surface area contributed by atoms with Gasteiger partial charge in [0.2, 0.25) is 0 Å². The lowest BCUT2D eigenvalue weighted by Gasteiger charge is -2.12. The molecule has 150 valence electrons. The number of ether oxygens (including phenoxy) is 3. The maximum atomic E-state index is 12.3. The molecule has 0 radical (unpaired) electrons. The Hall–Kier alpha value is -3.63. The van der Waals surface area contributed by atoms with Crippen LogP contribution in [0, 0.1) is 10.1 Å². The van der Waals surface area contributed by atoms with Crippen molar-refractivity contribution in [3.8, 4) is 11.5 Å². The minimum atomic E-state index is -1.04. The van der Waals surface area contributed by atoms with Crippen LogP contribution in [0.2, 0.25) is 0 Å². The summed E-state index contributed by atoms with van der Waals surface area (Å²) in [4.78, 5) is 34.9. The number of anilines is 1. The minimum absolute atomic E-state index is 0.0160. The van der Waals surface area contributed by atoms with Gasteiger partial charge >= 0.3 is 5.97 Å². The Morgan fingerprint density at radius 2 is 1.89 bits per heavy atom. The number of carbonyl (C=O) groups excluding carboxylic acids is 2. The van der Waals surface area contributed by atoms with E-state index in [2.05, 4.69) is 10.4 Å². The zero-order valence-corrected chi connectivity index (χ0v) is 15.8. The van der Waals surface area contributed by atoms with Crippen LogP contribution in [0.3, 0.4) is 0 Å². The van der Waals surface area contributed by atoms with Gasteiger partial charge in [0, 0.05) is 18.2 Å². The molecule has 2 aromatic rings. The van der Waals surface area contributed by atoms with E-state index in [-0.39, 0.29) is 23.1 Å². The Balaban J connectivity index is 2.13. The fourth-order valence-corrected chi connectivity index (χ4v) is 2.40. The number of hydrogen-bond acceptors (Lipinski definition) is 8. The first-order valence-electron chi connectivity index (χ1n) is 8.19. The van der Waals surface area contributed by atoms with Crippen LogP contribution in [0.5, 0.6) is 11.5 Å². The number of amides is 1. The Kier molecular flexibility index (Phi) is 6.53. The van der Waals surface area contributed by atoms with E-state index in [0.717, 1.165) is 12.1 Å². The van der Waals surface area contributed by atoms with Crippen molar-refractivity contribution in [2.45, 2.75) is 19.9 Å². The molecule has 11 heteroatoms. The van der Waals surface area contributed by atoms with Gasteiger partial charge in [-0.15, -0.1) is 0 Å². The van der Waals surface area contributed by atoms with Gasteiger partial charge in [0.15, 0.2) is 18.1 Å². The molecule has 0 aliphatic rings. The number of carbonyl (C=O) groups is 2. The Morgan fingerprint density at radius 3 is 2.46 bits per heavy atom. The zero-order valence-electron chi connectivity index (χ0n) is 15.8. The summed E-state index contributed by atoms with van der Waals surface area (Å²) in [6, 6.07) is 3.79. The summed E-state index contributed by atoms with van der Waals surface area (Å²) in [5.41, 5.74) is -0.886. The van der Waals surface area contributed by atoms with Gasteiger partial charge in [-0.2, -0.15) is 5.10 Å². The van der Waals surface area contributed by atoms with Crippen molar-refractivity contribution in [1.29, 1.82) is 0 Å². The van der Waals surface area contributed by atoms with E-state index in [0.29, 0.717) is 5.82 Å². The summed E-state index contributed by atoms with van der Waals surface area (Å²) in [7, 11) is 2.63. The zero-order chi connectivity index (χ0) is 20.8. The van der Waals surface area contributed by atoms with Crippen LogP contribution in [-0.4, -0.2) is 47.4 Å². The molecule has 2 rings (SSSR count). The van der Waals surface area contributed by atoms with Gasteiger partial charge in [-0.3, -0.25) is 14.9 Å². The normalized spacial score (nSPS) is 10.5. The average Bonchev–Trinajstić information content (AvgIpc) is 3.13. The second-order valence-corrected chi connectivity index (χ2v) is 5.86. The lowest BCUT2D eigenvalue weighted by molar-refractivity contribution is -0.385. The number of esters is 1. The van der Waals surface area contributed by atoms with Gasteiger partial charge in [0.05, 0.1) is 31.4 Å². The maximum Gasteiger partial charge on any atom is 0.345 e. The SMILES string of the molecule is COc1cc(C(=O)OCC(=O)Nc2ccnn2C(C)C)c([N+](=O)[O-])cc1OC. The van der Waals surface area contributed by atoms with Gasteiger partial charge in [-0.05, 0) is 13.8 Å². The van der Waals surface area contributed by atoms with Gasteiger partial charge in [0.25, 0.3) is 11.6 Å². The Labute approximate surface area is 160 Å². The molecular weight excluding hydrogens is 372 g/mol. The monoisotopic (exact) mass is 392 g/mol. The van der Waals surface area contributed by atoms with E-state index in [9.17, 15) is 19.7 Å². The van der Waals surface area contributed by atoms with Crippen molar-refractivity contribution < 1.29 is 28.7 Å². The second-order valence-electron chi connectivity index (χ2n) is 5.86. The molecule has 1 aromatic heterocycles. The highest BCUT2D eigenvalue weighted by atomic mass is 16.6. The van der Waals surface area contributed by atoms with Crippen molar-refractivity contribution in [1.82, 2.24) is 9.78 Å². The van der Waals surface area contributed by atoms with Gasteiger partial charge in [-0.25, -0.2) is 9.48 Å². The number of nitro groups is 1. The van der Waals surface area contributed by atoms with Crippen LogP contribution < -0.4 is 14.8 Å². The molecule has 0 aliphatic carbocycles. The molecule has 11 nitrogen and oxygen atoms in total. The maximum absolute atomic E-state index is 12.3. The lowest BCUT2D eigenvalue weighted by atomic mass is 10.1. The van der Waals surface area contributed by atoms with Crippen LogP contribution in [0.15, 0.2) is 24.4 Å². The molecule has 0 saturated carbocycles. The molecule has 1 aromatic carbocycles. The third-order valence-electron chi connectivity index (χ3n) is 3.68. The topological polar surface area (TPSA) is 135 Å². The Bertz CT molecular complexity index is 892. The third kappa shape index (κ3) is 4.55. The number of nitrogens with zero attached hydrogens (tertiary/aromatic N) is 3. The van der Waals surface area contributed by atoms with E-state index < -0.39 is 29.1 Å². The van der Waals surface area contributed by atoms with Crippen LogP contribution in [0.1, 0.15) is 30.2 Å². The minimum Gasteiger partial charge on any atom is -0.493 e. The second kappa shape index (κ2) is 8.84. The fraction of sp³-hybridized carbons (Fsp3) is 0.353. The van der Waals surface area contributed by atoms with Gasteiger partial charge in [0.1, 0.15) is 11.4 Å². The molecular formula is C17H20N4O7. The number of nitrogens with one attached hydrogen (secondary N) is 1. The number of rotatable bonds is 8. The molecule has 1 N–H and O–H groups in total. The van der Waals surface area contributed by atoms with Crippen LogP contribution in [-0.2, 0) is 9.53 Å². The summed E-state index contributed by atoms with van der Waals surface area (Å²) < 4.78 is 16.5. The lowest BCUT2D eigenvalue weighted by Crippen LogP contribution is -2.23. The predicted molar refractivity (Wildman–Crippen MR) is 97.7 cm³/mol. The third-order valence-corrected chi connectivity index (χ3v) is 3.68. The summed E-state index contributed by atoms with van der Waals surface area (Å²) in [6.07, 6.45) is 1.52. The van der Waals surface area contributed by atoms with Crippen molar-refractivity contribution in [2.24, 2.45) is 0 Å². The van der Waals surface area contributed by atoms with Crippen LogP contribution in [0.25, 0.3) is 0 Å². The number of methoxy groups -OCH3 is 2. The highest BCUT2D eigenvalue weighted by Crippen LogP contribution is 2.34. The molecule has 0 atom stereocenters. The molecule has 28 heavy (non-hydrogen) atoms. The predicted octanol–water partition coefficient (Wildman–Crippen LogP) is 2.18. The Morgan fingerprint density at radius 1 is 1.25 bits per heavy atom. The highest BCUT2D eigenvalue weighted by molar-refractivity contribution is 5.98. The van der Waals surface area contributed by atoms with Crippen LogP contribution in [0.4, 0.5) is 11.5 Å². The van der Waals surface area contributed by atoms with Gasteiger partial charge in [-0.1, -0.05) is 0 Å². The number of benzene rings is 1. The van der Waals surface area contributed by atoms with E-state index in [1.54, 1.807) is 10.7 Å². The molecule has 0 aliphatic heterocycles. The first kappa shape index (κ1) is 20.7. The molecule has 0 unspecified atom stereocenters. The molecule has 1 heterocycles. The molecule has 0 fully saturated rings. The number of nitro benzene ring substituents is 1. The number of hydrogen-bond donors (Lipinski definition) is 1. The fourth-order valence-electron chi connectivity index (χ4n) is 2.40. The molecule has 0 saturated heterocycles. The molecule has 1 amide bonds. The average molecular weight is 392 g/mol. The van der Waals surface area contributed by atoms with Crippen LogP contribution >= 0.6 is 0 Å². The van der Waals surface area contributed by atoms with Crippen molar-refractivity contribution in [3.05, 3.63) is 40.1 Å². The summed E-state index contributed by atoms with van der Waals surface area (Å²) in [5.74, 6) is -1.01. The summed E-state index contributed by atoms with van der Waals surface area (Å²) in [5, 5.41) is 17.9. The van der Waals surface area contributed by atoms with Gasteiger partial charge < -0.3 is 19.5 Å². The van der Waals surface area contributed by atoms with E-state index in [1.807, 2.05) is 13.8 Å². The highest BCUT2D eigenvalue weighted by Gasteiger charge is 2.26. The summed E-state index contributed by atoms with van der Waals surface area (Å²) >= 11 is 0. The quantitative estimate of drug-likeness (QED) is 0.410. The van der Waals surface area contributed by atoms with E-state index in [4.69, 9.17) is 14.2 Å². The largest absolute Gasteiger partial charge is 0.493 e. The molecule has 0 bridgehead atoms. The van der Waals surface area contributed by atoms with E-state index in [1.165, 1.54) is 20.4 Å². The standard InChI is InChI=1S/C17H20N4O7/c1-10(2)20-15(5-6-18-20)19-16(22)9-28-17(23)11-7-13(26-3)14(27-4)8-12(11)21(24)25/h5-8,10H,9H2,1-4H3,(H,19,22). The molecule has 0 spiro atoms. The number of aromatic nitrogens is 2. The summed E-state index contributed by atoms with van der Waals surface area (Å²) in [6.45, 7) is 3.14. The smallest absolute Gasteiger partial charge is 0.345 e. The first-order chi connectivity index (χ1) is 13.3.